The Morgan fingerprint density at radius 3 is 2.75 bits per heavy atom. The highest BCUT2D eigenvalue weighted by Crippen LogP contribution is 2.16. The van der Waals surface area contributed by atoms with Gasteiger partial charge in [0.25, 0.3) is 0 Å². The molecule has 1 saturated heterocycles. The predicted molar refractivity (Wildman–Crippen MR) is 59.2 cm³/mol. The summed E-state index contributed by atoms with van der Waals surface area (Å²) in [4.78, 5) is 13.1. The number of nitrogens with one attached hydrogen (secondary N) is 1. The molecule has 1 fully saturated rings. The molecule has 1 atom stereocenters. The number of hydrogen-bond acceptors (Lipinski definition) is 4. The van der Waals surface area contributed by atoms with Crippen LogP contribution in [0.4, 0.5) is 0 Å². The minimum atomic E-state index is -3.14. The maximum absolute atomic E-state index is 11.4. The van der Waals surface area contributed by atoms with E-state index in [1.807, 2.05) is 0 Å². The molecule has 1 aliphatic heterocycles. The number of rotatable bonds is 6. The molecule has 1 unspecified atom stereocenters. The summed E-state index contributed by atoms with van der Waals surface area (Å²) in [6.07, 6.45) is 2.10. The summed E-state index contributed by atoms with van der Waals surface area (Å²) in [5, 5.41) is 8.91. The van der Waals surface area contributed by atoms with Crippen molar-refractivity contribution in [3.63, 3.8) is 0 Å². The predicted octanol–water partition coefficient (Wildman–Crippen LogP) is -1.23. The van der Waals surface area contributed by atoms with E-state index in [4.69, 9.17) is 5.11 Å². The Balaban J connectivity index is 2.21. The molecule has 6 nitrogen and oxygen atoms in total. The molecule has 1 aliphatic rings. The summed E-state index contributed by atoms with van der Waals surface area (Å²) in [6, 6.07) is 0. The number of nitrogens with zero attached hydrogens (tertiary/aromatic N) is 1. The highest BCUT2D eigenvalue weighted by Gasteiger charge is 2.28. The Bertz CT molecular complexity index is 341. The van der Waals surface area contributed by atoms with Gasteiger partial charge >= 0.3 is 0 Å². The molecule has 0 aromatic carbocycles. The zero-order valence-electron chi connectivity index (χ0n) is 9.35. The SMILES string of the molecule is CS(=O)(=O)NCCCN1CC(CO)CC1=O. The molecule has 1 heterocycles. The monoisotopic (exact) mass is 250 g/mol. The molecule has 0 bridgehead atoms. The number of likely N-dealkylation sites (tertiary alicyclic amines) is 1. The van der Waals surface area contributed by atoms with Crippen LogP contribution in [0.15, 0.2) is 0 Å². The maximum Gasteiger partial charge on any atom is 0.223 e. The average Bonchev–Trinajstić information content (AvgIpc) is 2.53. The van der Waals surface area contributed by atoms with Crippen LogP contribution in [0.1, 0.15) is 12.8 Å². The van der Waals surface area contributed by atoms with Gasteiger partial charge in [-0.3, -0.25) is 4.79 Å². The van der Waals surface area contributed by atoms with Crippen molar-refractivity contribution in [1.82, 2.24) is 9.62 Å². The van der Waals surface area contributed by atoms with E-state index in [9.17, 15) is 13.2 Å². The second-order valence-corrected chi connectivity index (χ2v) is 5.95. The third-order valence-corrected chi connectivity index (χ3v) is 3.25. The highest BCUT2D eigenvalue weighted by atomic mass is 32.2. The van der Waals surface area contributed by atoms with Gasteiger partial charge in [-0.15, -0.1) is 0 Å². The van der Waals surface area contributed by atoms with Crippen LogP contribution in [-0.4, -0.2) is 56.8 Å². The van der Waals surface area contributed by atoms with Crippen LogP contribution in [-0.2, 0) is 14.8 Å². The fourth-order valence-electron chi connectivity index (χ4n) is 1.72. The molecular formula is C9H18N2O4S. The van der Waals surface area contributed by atoms with Crippen LogP contribution in [0.2, 0.25) is 0 Å². The van der Waals surface area contributed by atoms with Crippen molar-refractivity contribution in [3.05, 3.63) is 0 Å². The molecule has 0 saturated carbocycles. The maximum atomic E-state index is 11.4. The van der Waals surface area contributed by atoms with E-state index < -0.39 is 10.0 Å². The second kappa shape index (κ2) is 5.60. The van der Waals surface area contributed by atoms with Crippen molar-refractivity contribution in [2.45, 2.75) is 12.8 Å². The van der Waals surface area contributed by atoms with Crippen molar-refractivity contribution in [2.24, 2.45) is 5.92 Å². The first-order valence-corrected chi connectivity index (χ1v) is 7.15. The van der Waals surface area contributed by atoms with E-state index in [0.29, 0.717) is 32.5 Å². The Kier molecular flexibility index (Phi) is 4.69. The van der Waals surface area contributed by atoms with E-state index in [1.165, 1.54) is 0 Å². The minimum absolute atomic E-state index is 0.0316. The van der Waals surface area contributed by atoms with Gasteiger partial charge in [0.1, 0.15) is 0 Å². The van der Waals surface area contributed by atoms with Crippen LogP contribution in [0.25, 0.3) is 0 Å². The molecular weight excluding hydrogens is 232 g/mol. The number of hydrogen-bond donors (Lipinski definition) is 2. The van der Waals surface area contributed by atoms with E-state index in [0.717, 1.165) is 6.26 Å². The average molecular weight is 250 g/mol. The zero-order chi connectivity index (χ0) is 12.2. The Morgan fingerprint density at radius 1 is 1.56 bits per heavy atom. The number of aliphatic hydroxyl groups excluding tert-OH is 1. The van der Waals surface area contributed by atoms with Crippen molar-refractivity contribution in [1.29, 1.82) is 0 Å². The molecule has 0 radical (unpaired) electrons. The largest absolute Gasteiger partial charge is 0.396 e. The number of aliphatic hydroxyl groups is 1. The third kappa shape index (κ3) is 4.46. The standard InChI is InChI=1S/C9H18N2O4S/c1-16(14,15)10-3-2-4-11-6-8(7-12)5-9(11)13/h8,10,12H,2-7H2,1H3. The van der Waals surface area contributed by atoms with E-state index in [-0.39, 0.29) is 18.4 Å². The summed E-state index contributed by atoms with van der Waals surface area (Å²) < 4.78 is 23.9. The normalized spacial score (nSPS) is 21.8. The fraction of sp³-hybridized carbons (Fsp3) is 0.889. The fourth-order valence-corrected chi connectivity index (χ4v) is 2.23. The van der Waals surface area contributed by atoms with Crippen LogP contribution >= 0.6 is 0 Å². The van der Waals surface area contributed by atoms with Gasteiger partial charge in [-0.05, 0) is 6.42 Å². The smallest absolute Gasteiger partial charge is 0.223 e. The Labute approximate surface area is 95.7 Å². The summed E-state index contributed by atoms with van der Waals surface area (Å²) >= 11 is 0. The Hall–Kier alpha value is -0.660. The topological polar surface area (TPSA) is 86.7 Å². The van der Waals surface area contributed by atoms with Crippen LogP contribution in [0, 0.1) is 5.92 Å². The van der Waals surface area contributed by atoms with Gasteiger partial charge in [0.15, 0.2) is 0 Å². The van der Waals surface area contributed by atoms with Gasteiger partial charge < -0.3 is 10.0 Å². The summed E-state index contributed by atoms with van der Waals surface area (Å²) in [5.74, 6) is 0.0776. The number of sulfonamides is 1. The van der Waals surface area contributed by atoms with Gasteiger partial charge in [-0.25, -0.2) is 13.1 Å². The lowest BCUT2D eigenvalue weighted by molar-refractivity contribution is -0.127. The third-order valence-electron chi connectivity index (χ3n) is 2.52. The van der Waals surface area contributed by atoms with Crippen molar-refractivity contribution < 1.29 is 18.3 Å². The highest BCUT2D eigenvalue weighted by molar-refractivity contribution is 7.88. The van der Waals surface area contributed by atoms with E-state index in [1.54, 1.807) is 4.90 Å². The lowest BCUT2D eigenvalue weighted by atomic mass is 10.1. The number of amides is 1. The second-order valence-electron chi connectivity index (χ2n) is 4.11. The van der Waals surface area contributed by atoms with E-state index in [2.05, 4.69) is 4.72 Å². The molecule has 0 aliphatic carbocycles. The summed E-state index contributed by atoms with van der Waals surface area (Å²) in [7, 11) is -3.14. The lowest BCUT2D eigenvalue weighted by Gasteiger charge is -2.15. The molecule has 2 N–H and O–H groups in total. The molecule has 0 aromatic heterocycles. The van der Waals surface area contributed by atoms with Crippen molar-refractivity contribution in [2.75, 3.05) is 32.5 Å². The summed E-state index contributed by atoms with van der Waals surface area (Å²) in [5.41, 5.74) is 0. The van der Waals surface area contributed by atoms with Gasteiger partial charge in [0, 0.05) is 38.6 Å². The van der Waals surface area contributed by atoms with Gasteiger partial charge in [-0.1, -0.05) is 0 Å². The lowest BCUT2D eigenvalue weighted by Crippen LogP contribution is -2.30. The molecule has 0 aromatic rings. The van der Waals surface area contributed by atoms with Crippen molar-refractivity contribution in [3.8, 4) is 0 Å². The first-order valence-electron chi connectivity index (χ1n) is 5.25. The molecule has 0 spiro atoms. The van der Waals surface area contributed by atoms with Gasteiger partial charge in [0.2, 0.25) is 15.9 Å². The minimum Gasteiger partial charge on any atom is -0.396 e. The van der Waals surface area contributed by atoms with Gasteiger partial charge in [0.05, 0.1) is 6.26 Å². The molecule has 94 valence electrons. The molecule has 7 heteroatoms. The first kappa shape index (κ1) is 13.4. The number of carbonyl (C=O) groups is 1. The summed E-state index contributed by atoms with van der Waals surface area (Å²) in [6.45, 7) is 1.49. The first-order chi connectivity index (χ1) is 7.42. The van der Waals surface area contributed by atoms with Crippen LogP contribution in [0.3, 0.4) is 0 Å². The molecule has 1 rings (SSSR count). The molecule has 16 heavy (non-hydrogen) atoms. The number of carbonyl (C=O) groups excluding carboxylic acids is 1. The quantitative estimate of drug-likeness (QED) is 0.578. The van der Waals surface area contributed by atoms with Crippen LogP contribution in [0.5, 0.6) is 0 Å². The zero-order valence-corrected chi connectivity index (χ0v) is 10.2. The Morgan fingerprint density at radius 2 is 2.25 bits per heavy atom. The van der Waals surface area contributed by atoms with Crippen molar-refractivity contribution >= 4 is 15.9 Å². The van der Waals surface area contributed by atoms with Gasteiger partial charge in [-0.2, -0.15) is 0 Å². The van der Waals surface area contributed by atoms with E-state index >= 15 is 0 Å². The van der Waals surface area contributed by atoms with Crippen LogP contribution < -0.4 is 4.72 Å². The molecule has 1 amide bonds.